The molecule has 0 heterocycles. The predicted molar refractivity (Wildman–Crippen MR) is 33.1 cm³/mol. The third-order valence-electron chi connectivity index (χ3n) is 0.438. The molecule has 52 valence electrons. The maximum absolute atomic E-state index is 10.3. The van der Waals surface area contributed by atoms with E-state index >= 15 is 0 Å². The third kappa shape index (κ3) is 5.17. The Hall–Kier alpha value is -0.700. The molecule has 0 saturated heterocycles. The van der Waals surface area contributed by atoms with Crippen molar-refractivity contribution in [1.29, 1.82) is 0 Å². The van der Waals surface area contributed by atoms with Crippen molar-refractivity contribution in [3.63, 3.8) is 0 Å². The Morgan fingerprint density at radius 2 is 2.44 bits per heavy atom. The van der Waals surface area contributed by atoms with E-state index in [-0.39, 0.29) is 0 Å². The monoisotopic (exact) mass is 150 g/mol. The van der Waals surface area contributed by atoms with Crippen molar-refractivity contribution in [1.82, 2.24) is 0 Å². The van der Waals surface area contributed by atoms with Gasteiger partial charge in [0.15, 0.2) is 5.56 Å². The van der Waals surface area contributed by atoms with E-state index in [1.165, 1.54) is 6.92 Å². The summed E-state index contributed by atoms with van der Waals surface area (Å²) >= 11 is 5.25. The molecule has 0 bridgehead atoms. The summed E-state index contributed by atoms with van der Waals surface area (Å²) in [6, 6.07) is 0. The molecule has 4 heteroatoms. The molecule has 0 fully saturated rings. The lowest BCUT2D eigenvalue weighted by atomic mass is 10.9. The van der Waals surface area contributed by atoms with E-state index in [0.717, 1.165) is 6.26 Å². The second-order valence-electron chi connectivity index (χ2n) is 1.20. The number of carbonyl (C=O) groups excluding carboxylic acids is 1. The van der Waals surface area contributed by atoms with Crippen LogP contribution in [-0.4, -0.2) is 11.7 Å². The highest BCUT2D eigenvalue weighted by atomic mass is 35.5. The molecule has 0 aromatic carbocycles. The Morgan fingerprint density at radius 1 is 1.89 bits per heavy atom. The Morgan fingerprint density at radius 3 is 2.78 bits per heavy atom. The molecule has 0 rings (SSSR count). The molecule has 0 saturated carbocycles. The lowest BCUT2D eigenvalue weighted by molar-refractivity contribution is 0.0785. The zero-order valence-electron chi connectivity index (χ0n) is 4.96. The van der Waals surface area contributed by atoms with Crippen LogP contribution in [0.2, 0.25) is 0 Å². The van der Waals surface area contributed by atoms with Crippen molar-refractivity contribution in [3.05, 3.63) is 12.8 Å². The van der Waals surface area contributed by atoms with Gasteiger partial charge in [0.05, 0.1) is 6.26 Å². The van der Waals surface area contributed by atoms with Crippen LogP contribution >= 0.6 is 11.6 Å². The van der Waals surface area contributed by atoms with E-state index in [9.17, 15) is 4.79 Å². The second-order valence-corrected chi connectivity index (χ2v) is 1.81. The summed E-state index contributed by atoms with van der Waals surface area (Å²) in [7, 11) is 0. The van der Waals surface area contributed by atoms with Crippen molar-refractivity contribution in [3.8, 4) is 0 Å². The normalized spacial score (nSPS) is 11.8. The van der Waals surface area contributed by atoms with Crippen LogP contribution < -0.4 is 0 Å². The molecule has 0 N–H and O–H groups in total. The summed E-state index contributed by atoms with van der Waals surface area (Å²) in [6.07, 6.45) is 0.134. The Labute approximate surface area is 58.2 Å². The lowest BCUT2D eigenvalue weighted by Gasteiger charge is -2.02. The van der Waals surface area contributed by atoms with Gasteiger partial charge in [0, 0.05) is 0 Å². The summed E-state index contributed by atoms with van der Waals surface area (Å²) in [6.45, 7) is 4.65. The fraction of sp³-hybridized carbons (Fsp3) is 0.400. The first-order valence-corrected chi connectivity index (χ1v) is 2.72. The molecule has 0 aromatic heterocycles. The van der Waals surface area contributed by atoms with Crippen molar-refractivity contribution in [2.45, 2.75) is 12.5 Å². The SMILES string of the molecule is C=COC(=O)OC(C)Cl. The minimum absolute atomic E-state index is 0.669. The van der Waals surface area contributed by atoms with Crippen LogP contribution in [0.25, 0.3) is 0 Å². The van der Waals surface area contributed by atoms with Crippen molar-refractivity contribution in [2.24, 2.45) is 0 Å². The highest BCUT2D eigenvalue weighted by Crippen LogP contribution is 1.97. The molecule has 0 aliphatic carbocycles. The molecule has 0 aliphatic rings. The van der Waals surface area contributed by atoms with E-state index in [0.29, 0.717) is 0 Å². The second kappa shape index (κ2) is 4.21. The predicted octanol–water partition coefficient (Wildman–Crippen LogP) is 1.87. The van der Waals surface area contributed by atoms with Gasteiger partial charge < -0.3 is 9.47 Å². The molecular formula is C5H7ClO3. The van der Waals surface area contributed by atoms with Gasteiger partial charge in [-0.05, 0) is 6.92 Å². The van der Waals surface area contributed by atoms with E-state index in [4.69, 9.17) is 11.6 Å². The molecule has 9 heavy (non-hydrogen) atoms. The van der Waals surface area contributed by atoms with Gasteiger partial charge in [0.25, 0.3) is 0 Å². The van der Waals surface area contributed by atoms with Crippen molar-refractivity contribution in [2.75, 3.05) is 0 Å². The first kappa shape index (κ1) is 8.30. The van der Waals surface area contributed by atoms with Crippen molar-refractivity contribution >= 4 is 17.8 Å². The molecule has 0 aliphatic heterocycles. The summed E-state index contributed by atoms with van der Waals surface area (Å²) in [4.78, 5) is 10.3. The van der Waals surface area contributed by atoms with Gasteiger partial charge in [-0.25, -0.2) is 4.79 Å². The van der Waals surface area contributed by atoms with Gasteiger partial charge in [-0.3, -0.25) is 0 Å². The molecule has 0 radical (unpaired) electrons. The number of halogens is 1. The quantitative estimate of drug-likeness (QED) is 0.343. The van der Waals surface area contributed by atoms with Gasteiger partial charge in [0.1, 0.15) is 0 Å². The average molecular weight is 151 g/mol. The Bertz CT molecular complexity index is 111. The van der Waals surface area contributed by atoms with Crippen LogP contribution in [0.15, 0.2) is 12.8 Å². The standard InChI is InChI=1S/C5H7ClO3/c1-3-8-5(7)9-4(2)6/h3-4H,1H2,2H3. The third-order valence-corrected chi connectivity index (χ3v) is 0.527. The molecule has 1 unspecified atom stereocenters. The fourth-order valence-electron chi connectivity index (χ4n) is 0.228. The molecule has 0 aromatic rings. The van der Waals surface area contributed by atoms with Crippen LogP contribution in [0.5, 0.6) is 0 Å². The summed E-state index contributed by atoms with van der Waals surface area (Å²) in [5.74, 6) is 0. The van der Waals surface area contributed by atoms with Crippen LogP contribution in [-0.2, 0) is 9.47 Å². The van der Waals surface area contributed by atoms with E-state index < -0.39 is 11.7 Å². The van der Waals surface area contributed by atoms with Gasteiger partial charge in [-0.2, -0.15) is 0 Å². The number of alkyl halides is 1. The first-order valence-electron chi connectivity index (χ1n) is 2.29. The zero-order chi connectivity index (χ0) is 7.28. The molecule has 0 amide bonds. The molecule has 1 atom stereocenters. The van der Waals surface area contributed by atoms with Crippen molar-refractivity contribution < 1.29 is 14.3 Å². The largest absolute Gasteiger partial charge is 0.514 e. The van der Waals surface area contributed by atoms with Crippen LogP contribution in [0.4, 0.5) is 4.79 Å². The van der Waals surface area contributed by atoms with Crippen LogP contribution in [0.1, 0.15) is 6.92 Å². The van der Waals surface area contributed by atoms with Gasteiger partial charge >= 0.3 is 6.16 Å². The zero-order valence-corrected chi connectivity index (χ0v) is 5.72. The van der Waals surface area contributed by atoms with Gasteiger partial charge in [-0.1, -0.05) is 18.2 Å². The number of hydrogen-bond acceptors (Lipinski definition) is 3. The first-order chi connectivity index (χ1) is 4.16. The topological polar surface area (TPSA) is 35.5 Å². The summed E-state index contributed by atoms with van der Waals surface area (Å²) < 4.78 is 8.49. The number of ether oxygens (including phenoxy) is 2. The average Bonchev–Trinajstić information content (AvgIpc) is 1.63. The van der Waals surface area contributed by atoms with Crippen LogP contribution in [0.3, 0.4) is 0 Å². The Kier molecular flexibility index (Phi) is 3.88. The highest BCUT2D eigenvalue weighted by Gasteiger charge is 2.04. The highest BCUT2D eigenvalue weighted by molar-refractivity contribution is 6.19. The molecular weight excluding hydrogens is 144 g/mol. The number of hydrogen-bond donors (Lipinski definition) is 0. The maximum Gasteiger partial charge on any atom is 0.514 e. The number of carbonyl (C=O) groups is 1. The minimum Gasteiger partial charge on any atom is -0.415 e. The van der Waals surface area contributed by atoms with E-state index in [2.05, 4.69) is 16.1 Å². The summed E-state index contributed by atoms with van der Waals surface area (Å²) in [5, 5.41) is 0. The Balaban J connectivity index is 3.38. The summed E-state index contributed by atoms with van der Waals surface area (Å²) in [5.41, 5.74) is -0.669. The van der Waals surface area contributed by atoms with Crippen LogP contribution in [0, 0.1) is 0 Å². The van der Waals surface area contributed by atoms with Gasteiger partial charge in [0.2, 0.25) is 0 Å². The molecule has 0 spiro atoms. The molecule has 3 nitrogen and oxygen atoms in total. The van der Waals surface area contributed by atoms with Gasteiger partial charge in [-0.15, -0.1) is 0 Å². The van der Waals surface area contributed by atoms with E-state index in [1.807, 2.05) is 0 Å². The smallest absolute Gasteiger partial charge is 0.415 e. The van der Waals surface area contributed by atoms with E-state index in [1.54, 1.807) is 0 Å². The fourth-order valence-corrected chi connectivity index (χ4v) is 0.301. The number of rotatable bonds is 2. The maximum atomic E-state index is 10.3. The minimum atomic E-state index is -0.840. The lowest BCUT2D eigenvalue weighted by Crippen LogP contribution is -2.08.